The van der Waals surface area contributed by atoms with Gasteiger partial charge < -0.3 is 19.5 Å². The number of pyridine rings is 2. The number of aryl methyl sites for hydroxylation is 1. The van der Waals surface area contributed by atoms with Gasteiger partial charge in [0.15, 0.2) is 0 Å². The van der Waals surface area contributed by atoms with E-state index >= 15 is 0 Å². The molecular formula is C35H39N7O3S. The SMILES string of the molecule is Cc1nc(-c2ccccc2)ccc1-c1cc2cnc(Nc3ccc(OC4CCN(C)CC4)cc3)nc2n(CCN(C)[S+](C)[O-])c1=O. The smallest absolute Gasteiger partial charge is 0.260 e. The minimum Gasteiger partial charge on any atom is -0.598 e. The van der Waals surface area contributed by atoms with Gasteiger partial charge in [0.05, 0.1) is 12.2 Å². The molecule has 0 aliphatic carbocycles. The largest absolute Gasteiger partial charge is 0.598 e. The molecule has 1 aliphatic heterocycles. The highest BCUT2D eigenvalue weighted by atomic mass is 32.2. The Morgan fingerprint density at radius 3 is 2.46 bits per heavy atom. The van der Waals surface area contributed by atoms with Crippen LogP contribution in [-0.2, 0) is 17.9 Å². The summed E-state index contributed by atoms with van der Waals surface area (Å²) in [6, 6.07) is 23.4. The van der Waals surface area contributed by atoms with Gasteiger partial charge in [-0.3, -0.25) is 14.3 Å². The van der Waals surface area contributed by atoms with Crippen molar-refractivity contribution < 1.29 is 9.29 Å². The highest BCUT2D eigenvalue weighted by Gasteiger charge is 2.19. The van der Waals surface area contributed by atoms with E-state index in [0.717, 1.165) is 59.9 Å². The zero-order valence-corrected chi connectivity index (χ0v) is 27.5. The summed E-state index contributed by atoms with van der Waals surface area (Å²) in [5.74, 6) is 1.20. The molecule has 0 amide bonds. The summed E-state index contributed by atoms with van der Waals surface area (Å²) in [4.78, 5) is 30.6. The lowest BCUT2D eigenvalue weighted by molar-refractivity contribution is 0.114. The quantitative estimate of drug-likeness (QED) is 0.205. The van der Waals surface area contributed by atoms with E-state index in [1.165, 1.54) is 0 Å². The molecule has 1 N–H and O–H groups in total. The van der Waals surface area contributed by atoms with Gasteiger partial charge in [-0.25, -0.2) is 4.98 Å². The number of nitrogens with zero attached hydrogens (tertiary/aromatic N) is 6. The van der Waals surface area contributed by atoms with Gasteiger partial charge in [0.2, 0.25) is 5.95 Å². The maximum atomic E-state index is 14.1. The second-order valence-electron chi connectivity index (χ2n) is 11.7. The van der Waals surface area contributed by atoms with Crippen molar-refractivity contribution in [1.29, 1.82) is 0 Å². The molecule has 0 spiro atoms. The van der Waals surface area contributed by atoms with E-state index < -0.39 is 11.4 Å². The van der Waals surface area contributed by atoms with Crippen LogP contribution in [0.1, 0.15) is 18.5 Å². The van der Waals surface area contributed by atoms with Crippen molar-refractivity contribution in [3.63, 3.8) is 0 Å². The van der Waals surface area contributed by atoms with Crippen LogP contribution < -0.4 is 15.6 Å². The Bertz CT molecular complexity index is 1860. The zero-order valence-electron chi connectivity index (χ0n) is 26.6. The van der Waals surface area contributed by atoms with E-state index in [1.54, 1.807) is 28.4 Å². The van der Waals surface area contributed by atoms with Crippen LogP contribution in [0.25, 0.3) is 33.4 Å². The maximum absolute atomic E-state index is 14.1. The molecule has 0 saturated carbocycles. The summed E-state index contributed by atoms with van der Waals surface area (Å²) in [5.41, 5.74) is 4.97. The molecule has 1 fully saturated rings. The van der Waals surface area contributed by atoms with Crippen molar-refractivity contribution in [2.24, 2.45) is 0 Å². The van der Waals surface area contributed by atoms with Gasteiger partial charge in [-0.1, -0.05) is 36.4 Å². The number of anilines is 2. The van der Waals surface area contributed by atoms with E-state index in [2.05, 4.69) is 22.2 Å². The van der Waals surface area contributed by atoms with Gasteiger partial charge >= 0.3 is 0 Å². The Kier molecular flexibility index (Phi) is 9.64. The van der Waals surface area contributed by atoms with E-state index in [0.29, 0.717) is 35.6 Å². The summed E-state index contributed by atoms with van der Waals surface area (Å²) >= 11 is -1.18. The van der Waals surface area contributed by atoms with Crippen molar-refractivity contribution in [3.8, 4) is 28.1 Å². The Balaban J connectivity index is 1.30. The van der Waals surface area contributed by atoms with E-state index in [9.17, 15) is 9.35 Å². The van der Waals surface area contributed by atoms with Crippen LogP contribution in [0.4, 0.5) is 11.6 Å². The summed E-state index contributed by atoms with van der Waals surface area (Å²) in [5, 5.41) is 3.99. The number of fused-ring (bicyclic) bond motifs is 1. The Labute approximate surface area is 272 Å². The van der Waals surface area contributed by atoms with E-state index in [-0.39, 0.29) is 11.7 Å². The molecule has 1 atom stereocenters. The number of piperidine rings is 1. The number of ether oxygens (including phenoxy) is 1. The summed E-state index contributed by atoms with van der Waals surface area (Å²) in [7, 11) is 3.91. The monoisotopic (exact) mass is 637 g/mol. The number of aromatic nitrogens is 4. The molecule has 1 aliphatic rings. The molecule has 2 aromatic carbocycles. The molecule has 11 heteroatoms. The zero-order chi connectivity index (χ0) is 32.2. The molecule has 0 bridgehead atoms. The van der Waals surface area contributed by atoms with Crippen LogP contribution in [0.5, 0.6) is 5.75 Å². The normalized spacial score (nSPS) is 14.9. The van der Waals surface area contributed by atoms with E-state index in [1.807, 2.05) is 79.7 Å². The summed E-state index contributed by atoms with van der Waals surface area (Å²) in [6.45, 7) is 4.70. The minimum absolute atomic E-state index is 0.194. The third-order valence-corrected chi connectivity index (χ3v) is 9.49. The van der Waals surface area contributed by atoms with Crippen molar-refractivity contribution >= 4 is 34.0 Å². The lowest BCUT2D eigenvalue weighted by Crippen LogP contribution is -2.35. The van der Waals surface area contributed by atoms with Crippen molar-refractivity contribution in [1.82, 2.24) is 28.7 Å². The van der Waals surface area contributed by atoms with Gasteiger partial charge in [0.1, 0.15) is 23.8 Å². The number of hydrogen-bond acceptors (Lipinski definition) is 9. The van der Waals surface area contributed by atoms with Gasteiger partial charge in [-0.2, -0.15) is 4.98 Å². The Morgan fingerprint density at radius 2 is 1.76 bits per heavy atom. The third kappa shape index (κ3) is 7.23. The molecular weight excluding hydrogens is 598 g/mol. The van der Waals surface area contributed by atoms with Crippen molar-refractivity contribution in [3.05, 3.63) is 95.0 Å². The fourth-order valence-electron chi connectivity index (χ4n) is 5.65. The summed E-state index contributed by atoms with van der Waals surface area (Å²) < 4.78 is 21.6. The number of likely N-dealkylation sites (N-methyl/N-ethyl adjacent to an activating group) is 1. The highest BCUT2D eigenvalue weighted by Crippen LogP contribution is 2.27. The van der Waals surface area contributed by atoms with Crippen molar-refractivity contribution in [2.45, 2.75) is 32.4 Å². The number of rotatable bonds is 10. The Hall–Kier alpha value is -4.29. The summed E-state index contributed by atoms with van der Waals surface area (Å²) in [6.07, 6.45) is 5.61. The van der Waals surface area contributed by atoms with Gasteiger partial charge in [-0.05, 0) is 63.2 Å². The molecule has 238 valence electrons. The predicted octanol–water partition coefficient (Wildman–Crippen LogP) is 5.27. The van der Waals surface area contributed by atoms with Gasteiger partial charge in [0, 0.05) is 77.7 Å². The Morgan fingerprint density at radius 1 is 1.02 bits per heavy atom. The highest BCUT2D eigenvalue weighted by molar-refractivity contribution is 7.88. The fraction of sp³-hybridized carbons (Fsp3) is 0.314. The van der Waals surface area contributed by atoms with Gasteiger partial charge in [0.25, 0.3) is 5.56 Å². The van der Waals surface area contributed by atoms with Crippen LogP contribution in [0.15, 0.2) is 83.8 Å². The average molecular weight is 638 g/mol. The molecule has 5 aromatic rings. The molecule has 3 aromatic heterocycles. The molecule has 10 nitrogen and oxygen atoms in total. The number of likely N-dealkylation sites (tertiary alicyclic amines) is 1. The second-order valence-corrected chi connectivity index (χ2v) is 13.2. The van der Waals surface area contributed by atoms with E-state index in [4.69, 9.17) is 14.7 Å². The lowest BCUT2D eigenvalue weighted by Gasteiger charge is -2.29. The molecule has 4 heterocycles. The molecule has 6 rings (SSSR count). The maximum Gasteiger partial charge on any atom is 0.260 e. The first-order valence-electron chi connectivity index (χ1n) is 15.5. The lowest BCUT2D eigenvalue weighted by atomic mass is 10.0. The molecule has 46 heavy (non-hydrogen) atoms. The minimum atomic E-state index is -1.18. The van der Waals surface area contributed by atoms with Crippen LogP contribution in [-0.4, -0.2) is 79.4 Å². The number of hydrogen-bond donors (Lipinski definition) is 1. The molecule has 1 unspecified atom stereocenters. The average Bonchev–Trinajstić information content (AvgIpc) is 3.06. The molecule has 0 radical (unpaired) electrons. The fourth-order valence-corrected chi connectivity index (χ4v) is 5.98. The van der Waals surface area contributed by atoms with Crippen LogP contribution in [0.2, 0.25) is 0 Å². The first-order valence-corrected chi connectivity index (χ1v) is 17.0. The third-order valence-electron chi connectivity index (χ3n) is 8.43. The second kappa shape index (κ2) is 14.0. The predicted molar refractivity (Wildman–Crippen MR) is 185 cm³/mol. The number of benzene rings is 2. The molecule has 1 saturated heterocycles. The van der Waals surface area contributed by atoms with Crippen LogP contribution >= 0.6 is 0 Å². The first kappa shape index (κ1) is 31.7. The van der Waals surface area contributed by atoms with Crippen LogP contribution in [0.3, 0.4) is 0 Å². The van der Waals surface area contributed by atoms with Crippen LogP contribution in [0, 0.1) is 6.92 Å². The topological polar surface area (TPSA) is 111 Å². The first-order chi connectivity index (χ1) is 22.2. The van der Waals surface area contributed by atoms with Crippen molar-refractivity contribution in [2.75, 3.05) is 45.3 Å². The number of nitrogens with one attached hydrogen (secondary N) is 1. The standard InChI is InChI=1S/C35H39N7O3S/c1-24-30(14-15-32(37-24)25-8-6-5-7-9-25)31-22-26-23-36-35(39-33(26)42(34(31)43)21-20-41(3)46(4)44)38-27-10-12-28(13-11-27)45-29-16-18-40(2)19-17-29/h5-15,22-23,29H,16-21H2,1-4H3,(H,36,38,39). The van der Waals surface area contributed by atoms with Gasteiger partial charge in [-0.15, -0.1) is 4.31 Å².